The third-order valence-corrected chi connectivity index (χ3v) is 7.59. The first-order valence-corrected chi connectivity index (χ1v) is 13.0. The molecule has 8 heteroatoms. The zero-order valence-electron chi connectivity index (χ0n) is 21.4. The van der Waals surface area contributed by atoms with Crippen molar-refractivity contribution in [2.24, 2.45) is 23.0 Å². The first kappa shape index (κ1) is 27.1. The van der Waals surface area contributed by atoms with Gasteiger partial charge in [0.05, 0.1) is 12.0 Å². The number of hydrogen-bond donors (Lipinski definition) is 4. The van der Waals surface area contributed by atoms with Crippen LogP contribution in [-0.2, 0) is 20.8 Å². The van der Waals surface area contributed by atoms with E-state index in [2.05, 4.69) is 17.6 Å². The van der Waals surface area contributed by atoms with Crippen molar-refractivity contribution >= 4 is 23.4 Å². The van der Waals surface area contributed by atoms with Gasteiger partial charge in [-0.2, -0.15) is 0 Å². The van der Waals surface area contributed by atoms with E-state index in [1.165, 1.54) is 0 Å². The Hall–Kier alpha value is -2.45. The fraction of sp³-hybridized carbons (Fsp3) is 0.667. The van der Waals surface area contributed by atoms with Gasteiger partial charge in [-0.1, -0.05) is 38.5 Å². The molecule has 5 N–H and O–H groups in total. The molecule has 1 heterocycles. The zero-order valence-corrected chi connectivity index (χ0v) is 21.4. The molecule has 3 amide bonds. The van der Waals surface area contributed by atoms with Gasteiger partial charge in [-0.05, 0) is 55.6 Å². The van der Waals surface area contributed by atoms with Crippen LogP contribution in [0.2, 0.25) is 0 Å². The van der Waals surface area contributed by atoms with Crippen LogP contribution in [0.5, 0.6) is 0 Å². The van der Waals surface area contributed by atoms with Crippen molar-refractivity contribution in [1.82, 2.24) is 10.6 Å². The largest absolute Gasteiger partial charge is 0.391 e. The van der Waals surface area contributed by atoms with Crippen LogP contribution in [0.1, 0.15) is 64.4 Å². The summed E-state index contributed by atoms with van der Waals surface area (Å²) in [7, 11) is 1.62. The lowest BCUT2D eigenvalue weighted by atomic mass is 9.86. The van der Waals surface area contributed by atoms with Crippen molar-refractivity contribution < 1.29 is 19.5 Å². The highest BCUT2D eigenvalue weighted by atomic mass is 16.3. The summed E-state index contributed by atoms with van der Waals surface area (Å²) < 4.78 is 0. The summed E-state index contributed by atoms with van der Waals surface area (Å²) in [5.74, 6) is -0.722. The van der Waals surface area contributed by atoms with Crippen LogP contribution < -0.4 is 21.3 Å². The smallest absolute Gasteiger partial charge is 0.227 e. The van der Waals surface area contributed by atoms with E-state index in [-0.39, 0.29) is 35.0 Å². The topological polar surface area (TPSA) is 125 Å². The van der Waals surface area contributed by atoms with Crippen LogP contribution in [0.4, 0.5) is 5.69 Å². The van der Waals surface area contributed by atoms with E-state index in [0.29, 0.717) is 38.8 Å². The molecule has 194 valence electrons. The van der Waals surface area contributed by atoms with E-state index in [9.17, 15) is 19.5 Å². The maximum Gasteiger partial charge on any atom is 0.227 e. The van der Waals surface area contributed by atoms with E-state index in [1.54, 1.807) is 11.9 Å². The van der Waals surface area contributed by atoms with Crippen LogP contribution >= 0.6 is 0 Å². The Labute approximate surface area is 209 Å². The molecule has 0 saturated heterocycles. The number of hydrogen-bond acceptors (Lipinski definition) is 5. The van der Waals surface area contributed by atoms with Crippen LogP contribution in [0.3, 0.4) is 0 Å². The van der Waals surface area contributed by atoms with Crippen LogP contribution in [0.25, 0.3) is 0 Å². The van der Waals surface area contributed by atoms with Crippen molar-refractivity contribution in [3.8, 4) is 0 Å². The lowest BCUT2D eigenvalue weighted by Gasteiger charge is -2.35. The highest BCUT2D eigenvalue weighted by Crippen LogP contribution is 2.53. The second-order valence-electron chi connectivity index (χ2n) is 10.5. The number of nitrogens with one attached hydrogen (secondary N) is 2. The number of unbranched alkanes of at least 4 members (excludes halogenated alkanes) is 1. The fourth-order valence-electron chi connectivity index (χ4n) is 5.10. The van der Waals surface area contributed by atoms with Crippen molar-refractivity contribution in [1.29, 1.82) is 0 Å². The van der Waals surface area contributed by atoms with Crippen molar-refractivity contribution in [3.05, 3.63) is 29.8 Å². The zero-order chi connectivity index (χ0) is 25.6. The molecule has 3 rings (SSSR count). The molecule has 8 nitrogen and oxygen atoms in total. The van der Waals surface area contributed by atoms with Gasteiger partial charge >= 0.3 is 0 Å². The molecule has 1 fully saturated rings. The summed E-state index contributed by atoms with van der Waals surface area (Å²) in [6.45, 7) is 4.89. The molecule has 0 bridgehead atoms. The molecule has 1 aromatic rings. The number of nitrogens with zero attached hydrogens (tertiary/aromatic N) is 1. The van der Waals surface area contributed by atoms with Crippen molar-refractivity contribution in [2.75, 3.05) is 25.0 Å². The average molecular weight is 487 g/mol. The van der Waals surface area contributed by atoms with E-state index in [4.69, 9.17) is 5.73 Å². The Balaban J connectivity index is 1.58. The molecule has 0 aromatic heterocycles. The molecule has 35 heavy (non-hydrogen) atoms. The summed E-state index contributed by atoms with van der Waals surface area (Å²) in [5, 5.41) is 16.3. The summed E-state index contributed by atoms with van der Waals surface area (Å²) in [6.07, 6.45) is 4.72. The second-order valence-corrected chi connectivity index (χ2v) is 10.5. The minimum Gasteiger partial charge on any atom is -0.391 e. The number of carbonyl (C=O) groups excluding carboxylic acids is 3. The number of nitrogens with two attached hydrogens (primary N) is 1. The number of amides is 3. The summed E-state index contributed by atoms with van der Waals surface area (Å²) in [5.41, 5.74) is 8.02. The highest BCUT2D eigenvalue weighted by molar-refractivity contribution is 5.96. The fourth-order valence-corrected chi connectivity index (χ4v) is 5.10. The summed E-state index contributed by atoms with van der Waals surface area (Å²) >= 11 is 0. The average Bonchev–Trinajstić information content (AvgIpc) is 3.60. The van der Waals surface area contributed by atoms with Crippen LogP contribution in [-0.4, -0.2) is 55.1 Å². The van der Waals surface area contributed by atoms with Gasteiger partial charge in [0.1, 0.15) is 0 Å². The van der Waals surface area contributed by atoms with E-state index < -0.39 is 12.1 Å². The molecule has 0 spiro atoms. The predicted molar refractivity (Wildman–Crippen MR) is 137 cm³/mol. The van der Waals surface area contributed by atoms with Gasteiger partial charge in [0.25, 0.3) is 0 Å². The number of para-hydroxylation sites is 1. The molecule has 1 aromatic carbocycles. The van der Waals surface area contributed by atoms with E-state index in [1.807, 2.05) is 31.2 Å². The lowest BCUT2D eigenvalue weighted by Crippen LogP contribution is -2.46. The number of carbonyl (C=O) groups is 3. The molecule has 1 saturated carbocycles. The maximum absolute atomic E-state index is 13.5. The number of aliphatic hydroxyl groups excluding tert-OH is 1. The predicted octanol–water partition coefficient (Wildman–Crippen LogP) is 2.13. The summed E-state index contributed by atoms with van der Waals surface area (Å²) in [4.78, 5) is 39.8. The number of benzene rings is 1. The number of rotatable bonds is 12. The normalized spacial score (nSPS) is 20.8. The van der Waals surface area contributed by atoms with Gasteiger partial charge in [0.15, 0.2) is 0 Å². The Morgan fingerprint density at radius 1 is 1.26 bits per heavy atom. The Morgan fingerprint density at radius 3 is 2.63 bits per heavy atom. The van der Waals surface area contributed by atoms with Gasteiger partial charge in [-0.25, -0.2) is 0 Å². The second kappa shape index (κ2) is 12.0. The van der Waals surface area contributed by atoms with Gasteiger partial charge in [0.2, 0.25) is 17.7 Å². The number of fused-ring (bicyclic) bond motifs is 1. The van der Waals surface area contributed by atoms with Crippen LogP contribution in [0.15, 0.2) is 24.3 Å². The molecule has 2 aliphatic rings. The Bertz CT molecular complexity index is 901. The van der Waals surface area contributed by atoms with Crippen LogP contribution in [0, 0.1) is 17.3 Å². The van der Waals surface area contributed by atoms with Gasteiger partial charge in [-0.15, -0.1) is 0 Å². The lowest BCUT2D eigenvalue weighted by molar-refractivity contribution is -0.126. The Morgan fingerprint density at radius 2 is 1.97 bits per heavy atom. The number of aliphatic hydroxyl groups is 1. The third-order valence-electron chi connectivity index (χ3n) is 7.59. The molecule has 0 radical (unpaired) electrons. The maximum atomic E-state index is 13.5. The first-order valence-electron chi connectivity index (χ1n) is 13.0. The highest BCUT2D eigenvalue weighted by Gasteiger charge is 2.47. The minimum absolute atomic E-state index is 0.00564. The third kappa shape index (κ3) is 7.04. The Kier molecular flexibility index (Phi) is 9.30. The summed E-state index contributed by atoms with van der Waals surface area (Å²) in [6, 6.07) is 7.27. The standard InChI is InChI=1S/C27H42N4O4/c1-4-5-12-30-25(34)18(2)13-23(32)21(28)15-27(10-11-27)16-24(33)31-17-20(26(35)29-3)14-19-8-6-7-9-22(19)31/h6-9,18,20-21,23,32H,4-5,10-17,28H2,1-3H3,(H,29,35)(H,30,34)/t18-,20?,21+,23+/m1/s1. The molecular formula is C27H42N4O4. The van der Waals surface area contributed by atoms with Gasteiger partial charge in [-0.3, -0.25) is 14.4 Å². The van der Waals surface area contributed by atoms with Crippen molar-refractivity contribution in [3.63, 3.8) is 0 Å². The monoisotopic (exact) mass is 486 g/mol. The van der Waals surface area contributed by atoms with Gasteiger partial charge < -0.3 is 26.4 Å². The van der Waals surface area contributed by atoms with E-state index >= 15 is 0 Å². The molecule has 4 atom stereocenters. The first-order chi connectivity index (χ1) is 16.7. The van der Waals surface area contributed by atoms with Crippen molar-refractivity contribution in [2.45, 2.75) is 77.4 Å². The molecule has 1 aliphatic heterocycles. The van der Waals surface area contributed by atoms with Gasteiger partial charge in [0, 0.05) is 44.2 Å². The molecule has 1 unspecified atom stereocenters. The quantitative estimate of drug-likeness (QED) is 0.337. The SMILES string of the molecule is CCCCNC(=O)[C@H](C)C[C@H](O)[C@@H](N)CC1(CC(=O)N2CC(C(=O)NC)Cc3ccccc32)CC1. The molecule has 1 aliphatic carbocycles. The number of anilines is 1. The molecular weight excluding hydrogens is 444 g/mol. The van der Waals surface area contributed by atoms with E-state index in [0.717, 1.165) is 36.9 Å². The minimum atomic E-state index is -0.803.